The summed E-state index contributed by atoms with van der Waals surface area (Å²) >= 11 is 0. The molecule has 0 spiro atoms. The third kappa shape index (κ3) is 3.51. The van der Waals surface area contributed by atoms with Crippen molar-refractivity contribution in [1.82, 2.24) is 15.3 Å². The molecule has 2 rings (SSSR count). The second-order valence-electron chi connectivity index (χ2n) is 4.50. The number of ether oxygens (including phenoxy) is 2. The molecule has 108 valence electrons. The molecule has 0 saturated carbocycles. The summed E-state index contributed by atoms with van der Waals surface area (Å²) in [7, 11) is 3.32. The first kappa shape index (κ1) is 14.4. The average Bonchev–Trinajstić information content (AvgIpc) is 2.99. The van der Waals surface area contributed by atoms with Gasteiger partial charge >= 0.3 is 0 Å². The normalized spacial score (nSPS) is 12.2. The van der Waals surface area contributed by atoms with Crippen LogP contribution in [0.15, 0.2) is 30.6 Å². The summed E-state index contributed by atoms with van der Waals surface area (Å²) in [5, 5.41) is 3.47. The minimum absolute atomic E-state index is 0.162. The number of hydrogen-bond acceptors (Lipinski definition) is 4. The van der Waals surface area contributed by atoms with E-state index in [9.17, 15) is 0 Å². The number of rotatable bonds is 7. The lowest BCUT2D eigenvalue weighted by molar-refractivity contribution is 0.391. The molecular formula is C15H21N3O2. The van der Waals surface area contributed by atoms with Gasteiger partial charge in [-0.3, -0.25) is 0 Å². The van der Waals surface area contributed by atoms with Crippen LogP contribution in [-0.4, -0.2) is 30.7 Å². The van der Waals surface area contributed by atoms with Gasteiger partial charge in [-0.1, -0.05) is 6.92 Å². The van der Waals surface area contributed by atoms with Gasteiger partial charge in [0.2, 0.25) is 0 Å². The van der Waals surface area contributed by atoms with E-state index >= 15 is 0 Å². The predicted octanol–water partition coefficient (Wildman–Crippen LogP) is 2.32. The van der Waals surface area contributed by atoms with Crippen molar-refractivity contribution < 1.29 is 9.47 Å². The highest BCUT2D eigenvalue weighted by Crippen LogP contribution is 2.27. The van der Waals surface area contributed by atoms with E-state index < -0.39 is 0 Å². The molecule has 1 aromatic carbocycles. The van der Waals surface area contributed by atoms with E-state index in [1.54, 1.807) is 20.4 Å². The van der Waals surface area contributed by atoms with Gasteiger partial charge in [0.25, 0.3) is 0 Å². The summed E-state index contributed by atoms with van der Waals surface area (Å²) in [6.07, 6.45) is 4.39. The monoisotopic (exact) mass is 275 g/mol. The number of nitrogens with one attached hydrogen (secondary N) is 2. The highest BCUT2D eigenvalue weighted by Gasteiger charge is 2.15. The van der Waals surface area contributed by atoms with E-state index in [0.717, 1.165) is 35.9 Å². The van der Waals surface area contributed by atoms with E-state index in [0.29, 0.717) is 0 Å². The Morgan fingerprint density at radius 2 is 1.90 bits per heavy atom. The van der Waals surface area contributed by atoms with Crippen molar-refractivity contribution in [3.05, 3.63) is 42.0 Å². The van der Waals surface area contributed by atoms with Crippen molar-refractivity contribution in [3.63, 3.8) is 0 Å². The number of H-pyrrole nitrogens is 1. The molecule has 5 heteroatoms. The van der Waals surface area contributed by atoms with Gasteiger partial charge in [0.15, 0.2) is 0 Å². The van der Waals surface area contributed by atoms with Crippen LogP contribution < -0.4 is 14.8 Å². The highest BCUT2D eigenvalue weighted by atomic mass is 16.5. The van der Waals surface area contributed by atoms with E-state index in [-0.39, 0.29) is 6.04 Å². The maximum atomic E-state index is 5.33. The second kappa shape index (κ2) is 6.96. The molecule has 0 aliphatic carbocycles. The predicted molar refractivity (Wildman–Crippen MR) is 78.3 cm³/mol. The van der Waals surface area contributed by atoms with Crippen LogP contribution in [0.5, 0.6) is 11.5 Å². The zero-order chi connectivity index (χ0) is 14.4. The molecule has 0 bridgehead atoms. The van der Waals surface area contributed by atoms with Crippen molar-refractivity contribution in [2.75, 3.05) is 20.8 Å². The molecule has 0 aliphatic heterocycles. The molecule has 1 unspecified atom stereocenters. The molecule has 5 nitrogen and oxygen atoms in total. The Kier molecular flexibility index (Phi) is 5.01. The van der Waals surface area contributed by atoms with Crippen LogP contribution >= 0.6 is 0 Å². The van der Waals surface area contributed by atoms with Gasteiger partial charge in [-0.05, 0) is 24.2 Å². The molecule has 1 atom stereocenters. The minimum Gasteiger partial charge on any atom is -0.497 e. The summed E-state index contributed by atoms with van der Waals surface area (Å²) in [6.45, 7) is 2.97. The first-order valence-electron chi connectivity index (χ1n) is 6.71. The van der Waals surface area contributed by atoms with Gasteiger partial charge in [-0.25, -0.2) is 4.98 Å². The largest absolute Gasteiger partial charge is 0.497 e. The van der Waals surface area contributed by atoms with E-state index in [1.807, 2.05) is 24.4 Å². The number of aromatic amines is 1. The zero-order valence-electron chi connectivity index (χ0n) is 12.1. The fourth-order valence-corrected chi connectivity index (χ4v) is 2.19. The van der Waals surface area contributed by atoms with Crippen LogP contribution in [0.2, 0.25) is 0 Å². The lowest BCUT2D eigenvalue weighted by atomic mass is 10.0. The Bertz CT molecular complexity index is 504. The molecule has 0 amide bonds. The van der Waals surface area contributed by atoms with Gasteiger partial charge in [0.1, 0.15) is 17.3 Å². The molecule has 2 N–H and O–H groups in total. The summed E-state index contributed by atoms with van der Waals surface area (Å²) in [6, 6.07) is 6.09. The Hall–Kier alpha value is -2.01. The van der Waals surface area contributed by atoms with Gasteiger partial charge in [-0.2, -0.15) is 0 Å². The molecular weight excluding hydrogens is 254 g/mol. The lowest BCUT2D eigenvalue weighted by Gasteiger charge is -2.19. The second-order valence-corrected chi connectivity index (χ2v) is 4.50. The topological polar surface area (TPSA) is 59.2 Å². The zero-order valence-corrected chi connectivity index (χ0v) is 12.1. The van der Waals surface area contributed by atoms with E-state index in [1.165, 1.54) is 0 Å². The number of nitrogens with zero attached hydrogens (tertiary/aromatic N) is 1. The summed E-state index contributed by atoms with van der Waals surface area (Å²) in [5.41, 5.74) is 1.12. The molecule has 2 aromatic rings. The minimum atomic E-state index is 0.162. The Labute approximate surface area is 119 Å². The van der Waals surface area contributed by atoms with Crippen molar-refractivity contribution >= 4 is 0 Å². The van der Waals surface area contributed by atoms with Crippen molar-refractivity contribution in [1.29, 1.82) is 0 Å². The van der Waals surface area contributed by atoms with Crippen molar-refractivity contribution in [2.45, 2.75) is 19.4 Å². The SMILES string of the molecule is CCNC(Cc1ncc[nH]1)c1cc(OC)cc(OC)c1. The van der Waals surface area contributed by atoms with Crippen LogP contribution in [0.3, 0.4) is 0 Å². The Morgan fingerprint density at radius 3 is 2.40 bits per heavy atom. The number of methoxy groups -OCH3 is 2. The van der Waals surface area contributed by atoms with E-state index in [4.69, 9.17) is 9.47 Å². The number of likely N-dealkylation sites (N-methyl/N-ethyl adjacent to an activating group) is 1. The van der Waals surface area contributed by atoms with Crippen LogP contribution in [0.4, 0.5) is 0 Å². The number of benzene rings is 1. The first-order valence-corrected chi connectivity index (χ1v) is 6.71. The fourth-order valence-electron chi connectivity index (χ4n) is 2.19. The third-order valence-corrected chi connectivity index (χ3v) is 3.18. The van der Waals surface area contributed by atoms with Crippen LogP contribution in [0.1, 0.15) is 24.4 Å². The van der Waals surface area contributed by atoms with Crippen molar-refractivity contribution in [2.24, 2.45) is 0 Å². The Morgan fingerprint density at radius 1 is 1.20 bits per heavy atom. The highest BCUT2D eigenvalue weighted by molar-refractivity contribution is 5.40. The molecule has 0 fully saturated rings. The smallest absolute Gasteiger partial charge is 0.122 e. The number of aromatic nitrogens is 2. The molecule has 1 heterocycles. The quantitative estimate of drug-likeness (QED) is 0.814. The Balaban J connectivity index is 2.27. The van der Waals surface area contributed by atoms with Crippen LogP contribution in [-0.2, 0) is 6.42 Å². The number of imidazole rings is 1. The standard InChI is InChI=1S/C15H21N3O2/c1-4-16-14(10-15-17-5-6-18-15)11-7-12(19-2)9-13(8-11)20-3/h5-9,14,16H,4,10H2,1-3H3,(H,17,18). The maximum absolute atomic E-state index is 5.33. The van der Waals surface area contributed by atoms with Gasteiger partial charge < -0.3 is 19.8 Å². The summed E-state index contributed by atoms with van der Waals surface area (Å²) < 4.78 is 10.7. The molecule has 0 saturated heterocycles. The number of hydrogen-bond donors (Lipinski definition) is 2. The van der Waals surface area contributed by atoms with Crippen LogP contribution in [0.25, 0.3) is 0 Å². The van der Waals surface area contributed by atoms with E-state index in [2.05, 4.69) is 22.2 Å². The lowest BCUT2D eigenvalue weighted by Crippen LogP contribution is -2.23. The van der Waals surface area contributed by atoms with Gasteiger partial charge in [0.05, 0.1) is 14.2 Å². The maximum Gasteiger partial charge on any atom is 0.122 e. The van der Waals surface area contributed by atoms with Gasteiger partial charge in [-0.15, -0.1) is 0 Å². The third-order valence-electron chi connectivity index (χ3n) is 3.18. The molecule has 1 aromatic heterocycles. The van der Waals surface area contributed by atoms with Crippen molar-refractivity contribution in [3.8, 4) is 11.5 Å². The molecule has 20 heavy (non-hydrogen) atoms. The first-order chi connectivity index (χ1) is 9.76. The molecule has 0 radical (unpaired) electrons. The average molecular weight is 275 g/mol. The van der Waals surface area contributed by atoms with Crippen LogP contribution in [0, 0.1) is 0 Å². The summed E-state index contributed by atoms with van der Waals surface area (Å²) in [5.74, 6) is 2.54. The fraction of sp³-hybridized carbons (Fsp3) is 0.400. The van der Waals surface area contributed by atoms with Gasteiger partial charge in [0, 0.05) is 30.9 Å². The molecule has 0 aliphatic rings. The summed E-state index contributed by atoms with van der Waals surface area (Å²) in [4.78, 5) is 7.43.